The Kier molecular flexibility index (Phi) is 5.90. The number of anilines is 1. The number of methoxy groups -OCH3 is 1. The summed E-state index contributed by atoms with van der Waals surface area (Å²) >= 11 is 1.46. The maximum absolute atomic E-state index is 13.4. The summed E-state index contributed by atoms with van der Waals surface area (Å²) in [7, 11) is 1.62. The molecule has 4 rings (SSSR count). The maximum Gasteiger partial charge on any atom is 0.260 e. The summed E-state index contributed by atoms with van der Waals surface area (Å²) < 4.78 is 11.8. The molecular formula is C23H21N3O3S. The number of pyridine rings is 1. The van der Waals surface area contributed by atoms with Gasteiger partial charge in [-0.1, -0.05) is 17.4 Å². The molecule has 152 valence electrons. The second-order valence-corrected chi connectivity index (χ2v) is 7.51. The number of carbonyl (C=O) groups excluding carboxylic acids is 1. The van der Waals surface area contributed by atoms with Gasteiger partial charge in [0.05, 0.1) is 36.2 Å². The van der Waals surface area contributed by atoms with E-state index < -0.39 is 0 Å². The number of rotatable bonds is 7. The minimum Gasteiger partial charge on any atom is -0.497 e. The lowest BCUT2D eigenvalue weighted by atomic mass is 10.2. The lowest BCUT2D eigenvalue weighted by Gasteiger charge is -2.19. The van der Waals surface area contributed by atoms with E-state index >= 15 is 0 Å². The molecule has 7 heteroatoms. The van der Waals surface area contributed by atoms with Crippen LogP contribution in [0.4, 0.5) is 5.13 Å². The highest BCUT2D eigenvalue weighted by Crippen LogP contribution is 2.32. The molecule has 2 aromatic heterocycles. The Bertz CT molecular complexity index is 1140. The van der Waals surface area contributed by atoms with E-state index in [1.165, 1.54) is 11.3 Å². The molecule has 0 fully saturated rings. The Morgan fingerprint density at radius 3 is 2.57 bits per heavy atom. The fourth-order valence-electron chi connectivity index (χ4n) is 3.03. The highest BCUT2D eigenvalue weighted by atomic mass is 32.1. The molecule has 0 bridgehead atoms. The molecule has 1 amide bonds. The fourth-order valence-corrected chi connectivity index (χ4v) is 3.98. The molecule has 0 N–H and O–H groups in total. The molecule has 30 heavy (non-hydrogen) atoms. The van der Waals surface area contributed by atoms with Crippen molar-refractivity contribution < 1.29 is 14.3 Å². The van der Waals surface area contributed by atoms with E-state index in [1.54, 1.807) is 42.5 Å². The summed E-state index contributed by atoms with van der Waals surface area (Å²) in [5.74, 6) is 1.32. The summed E-state index contributed by atoms with van der Waals surface area (Å²) in [4.78, 5) is 24.2. The van der Waals surface area contributed by atoms with Gasteiger partial charge in [0.2, 0.25) is 0 Å². The predicted octanol–water partition coefficient (Wildman–Crippen LogP) is 4.95. The van der Waals surface area contributed by atoms with Crippen LogP contribution in [-0.4, -0.2) is 29.6 Å². The molecule has 0 spiro atoms. The minimum atomic E-state index is -0.144. The van der Waals surface area contributed by atoms with Crippen molar-refractivity contribution in [2.45, 2.75) is 13.5 Å². The first-order chi connectivity index (χ1) is 14.7. The van der Waals surface area contributed by atoms with Gasteiger partial charge in [-0.2, -0.15) is 0 Å². The van der Waals surface area contributed by atoms with Gasteiger partial charge in [-0.25, -0.2) is 4.98 Å². The molecule has 0 aliphatic heterocycles. The number of carbonyl (C=O) groups is 1. The van der Waals surface area contributed by atoms with E-state index in [-0.39, 0.29) is 5.91 Å². The average Bonchev–Trinajstić information content (AvgIpc) is 3.21. The molecule has 0 saturated carbocycles. The zero-order chi connectivity index (χ0) is 20.9. The SMILES string of the molecule is CCOc1ccc(C(=O)N(Cc2ccccn2)c2nc3cc(OC)ccc3s2)cc1. The molecule has 0 saturated heterocycles. The quantitative estimate of drug-likeness (QED) is 0.424. The monoisotopic (exact) mass is 419 g/mol. The summed E-state index contributed by atoms with van der Waals surface area (Å²) in [6, 6.07) is 18.5. The van der Waals surface area contributed by atoms with Crippen LogP contribution in [0.25, 0.3) is 10.2 Å². The second-order valence-electron chi connectivity index (χ2n) is 6.50. The molecular weight excluding hydrogens is 398 g/mol. The van der Waals surface area contributed by atoms with E-state index in [1.807, 2.05) is 43.3 Å². The molecule has 0 atom stereocenters. The number of thiazole rings is 1. The predicted molar refractivity (Wildman–Crippen MR) is 119 cm³/mol. The lowest BCUT2D eigenvalue weighted by Crippen LogP contribution is -2.30. The molecule has 0 aliphatic carbocycles. The Morgan fingerprint density at radius 1 is 1.07 bits per heavy atom. The van der Waals surface area contributed by atoms with Crippen molar-refractivity contribution in [3.63, 3.8) is 0 Å². The number of ether oxygens (including phenoxy) is 2. The Hall–Kier alpha value is -3.45. The maximum atomic E-state index is 13.4. The van der Waals surface area contributed by atoms with Crippen molar-refractivity contribution in [2.75, 3.05) is 18.6 Å². The second kappa shape index (κ2) is 8.92. The number of hydrogen-bond acceptors (Lipinski definition) is 6. The number of hydrogen-bond donors (Lipinski definition) is 0. The summed E-state index contributed by atoms with van der Waals surface area (Å²) in [6.45, 7) is 2.83. The van der Waals surface area contributed by atoms with Gasteiger partial charge in [-0.15, -0.1) is 0 Å². The number of nitrogens with zero attached hydrogens (tertiary/aromatic N) is 3. The molecule has 2 aromatic carbocycles. The van der Waals surface area contributed by atoms with Crippen LogP contribution in [-0.2, 0) is 6.54 Å². The summed E-state index contributed by atoms with van der Waals surface area (Å²) in [5.41, 5.74) is 2.14. The van der Waals surface area contributed by atoms with Crippen molar-refractivity contribution in [1.29, 1.82) is 0 Å². The van der Waals surface area contributed by atoms with E-state index in [9.17, 15) is 4.79 Å². The minimum absolute atomic E-state index is 0.144. The van der Waals surface area contributed by atoms with E-state index in [2.05, 4.69) is 4.98 Å². The Morgan fingerprint density at radius 2 is 1.87 bits per heavy atom. The molecule has 0 aliphatic rings. The summed E-state index contributed by atoms with van der Waals surface area (Å²) in [5, 5.41) is 0.614. The normalized spacial score (nSPS) is 10.7. The van der Waals surface area contributed by atoms with Crippen molar-refractivity contribution in [3.05, 3.63) is 78.1 Å². The Labute approximate surface area is 178 Å². The van der Waals surface area contributed by atoms with Gasteiger partial charge >= 0.3 is 0 Å². The third-order valence-electron chi connectivity index (χ3n) is 4.52. The van der Waals surface area contributed by atoms with Crippen molar-refractivity contribution in [2.24, 2.45) is 0 Å². The molecule has 2 heterocycles. The fraction of sp³-hybridized carbons (Fsp3) is 0.174. The average molecular weight is 420 g/mol. The topological polar surface area (TPSA) is 64.5 Å². The van der Waals surface area contributed by atoms with Crippen LogP contribution in [0.3, 0.4) is 0 Å². The van der Waals surface area contributed by atoms with Gasteiger partial charge in [0.15, 0.2) is 5.13 Å². The number of amides is 1. The van der Waals surface area contributed by atoms with Gasteiger partial charge in [-0.05, 0) is 55.5 Å². The van der Waals surface area contributed by atoms with Crippen LogP contribution in [0.1, 0.15) is 23.0 Å². The highest BCUT2D eigenvalue weighted by Gasteiger charge is 2.22. The zero-order valence-corrected chi connectivity index (χ0v) is 17.6. The molecule has 0 radical (unpaired) electrons. The van der Waals surface area contributed by atoms with Crippen molar-refractivity contribution >= 4 is 32.6 Å². The largest absolute Gasteiger partial charge is 0.497 e. The first-order valence-electron chi connectivity index (χ1n) is 9.57. The van der Waals surface area contributed by atoms with Crippen LogP contribution in [0.15, 0.2) is 66.9 Å². The first kappa shape index (κ1) is 19.8. The van der Waals surface area contributed by atoms with Crippen LogP contribution >= 0.6 is 11.3 Å². The number of benzene rings is 2. The zero-order valence-electron chi connectivity index (χ0n) is 16.7. The third-order valence-corrected chi connectivity index (χ3v) is 5.58. The highest BCUT2D eigenvalue weighted by molar-refractivity contribution is 7.22. The van der Waals surface area contributed by atoms with Gasteiger partial charge in [0.1, 0.15) is 11.5 Å². The number of aromatic nitrogens is 2. The van der Waals surface area contributed by atoms with Crippen molar-refractivity contribution in [3.8, 4) is 11.5 Å². The number of fused-ring (bicyclic) bond motifs is 1. The van der Waals surface area contributed by atoms with Crippen LogP contribution in [0.5, 0.6) is 11.5 Å². The first-order valence-corrected chi connectivity index (χ1v) is 10.4. The smallest absolute Gasteiger partial charge is 0.260 e. The summed E-state index contributed by atoms with van der Waals surface area (Å²) in [6.07, 6.45) is 1.72. The van der Waals surface area contributed by atoms with Gasteiger partial charge in [-0.3, -0.25) is 14.7 Å². The van der Waals surface area contributed by atoms with E-state index in [4.69, 9.17) is 14.5 Å². The van der Waals surface area contributed by atoms with Gasteiger partial charge in [0.25, 0.3) is 5.91 Å². The van der Waals surface area contributed by atoms with E-state index in [0.29, 0.717) is 23.8 Å². The van der Waals surface area contributed by atoms with Crippen LogP contribution in [0, 0.1) is 0 Å². The molecule has 0 unspecified atom stereocenters. The van der Waals surface area contributed by atoms with Gasteiger partial charge < -0.3 is 9.47 Å². The Balaban J connectivity index is 1.71. The molecule has 6 nitrogen and oxygen atoms in total. The van der Waals surface area contributed by atoms with Gasteiger partial charge in [0, 0.05) is 17.8 Å². The van der Waals surface area contributed by atoms with E-state index in [0.717, 1.165) is 27.4 Å². The lowest BCUT2D eigenvalue weighted by molar-refractivity contribution is 0.0985. The van der Waals surface area contributed by atoms with Crippen molar-refractivity contribution in [1.82, 2.24) is 9.97 Å². The standard InChI is InChI=1S/C23H21N3O3S/c1-3-29-18-9-7-16(8-10-18)22(27)26(15-17-6-4-5-13-24-17)23-25-20-14-19(28-2)11-12-21(20)30-23/h4-14H,3,15H2,1-2H3. The third kappa shape index (κ3) is 4.26. The molecule has 4 aromatic rings. The van der Waals surface area contributed by atoms with Crippen LogP contribution < -0.4 is 14.4 Å². The van der Waals surface area contributed by atoms with Crippen LogP contribution in [0.2, 0.25) is 0 Å².